The van der Waals surface area contributed by atoms with Crippen LogP contribution in [0.1, 0.15) is 12.0 Å². The van der Waals surface area contributed by atoms with Crippen molar-refractivity contribution in [3.63, 3.8) is 0 Å². The van der Waals surface area contributed by atoms with Crippen LogP contribution in [0.25, 0.3) is 11.3 Å². The number of rotatable bonds is 8. The van der Waals surface area contributed by atoms with Crippen LogP contribution in [-0.4, -0.2) is 32.2 Å². The van der Waals surface area contributed by atoms with Gasteiger partial charge in [0.05, 0.1) is 27.0 Å². The average Bonchev–Trinajstić information content (AvgIpc) is 3.20. The minimum absolute atomic E-state index is 0.0783. The van der Waals surface area contributed by atoms with E-state index in [4.69, 9.17) is 14.2 Å². The highest BCUT2D eigenvalue weighted by Gasteiger charge is 2.10. The Kier molecular flexibility index (Phi) is 6.49. The Morgan fingerprint density at radius 1 is 1.00 bits per heavy atom. The molecule has 0 saturated heterocycles. The fourth-order valence-corrected chi connectivity index (χ4v) is 3.44. The molecule has 3 aromatic rings. The number of nitrogens with one attached hydrogen (secondary N) is 1. The molecule has 2 aromatic carbocycles. The van der Waals surface area contributed by atoms with Crippen LogP contribution in [-0.2, 0) is 11.2 Å². The Bertz CT molecular complexity index is 938. The Labute approximate surface area is 168 Å². The van der Waals surface area contributed by atoms with Crippen molar-refractivity contribution in [1.29, 1.82) is 0 Å². The van der Waals surface area contributed by atoms with Gasteiger partial charge in [-0.1, -0.05) is 6.07 Å². The van der Waals surface area contributed by atoms with Crippen molar-refractivity contribution < 1.29 is 19.0 Å². The fourth-order valence-electron chi connectivity index (χ4n) is 2.70. The van der Waals surface area contributed by atoms with Crippen LogP contribution in [0.3, 0.4) is 0 Å². The second-order valence-electron chi connectivity index (χ2n) is 6.00. The van der Waals surface area contributed by atoms with E-state index in [0.717, 1.165) is 22.6 Å². The number of benzene rings is 2. The maximum absolute atomic E-state index is 12.3. The van der Waals surface area contributed by atoms with Crippen LogP contribution < -0.4 is 19.5 Å². The zero-order chi connectivity index (χ0) is 19.9. The predicted molar refractivity (Wildman–Crippen MR) is 111 cm³/mol. The topological polar surface area (TPSA) is 69.7 Å². The van der Waals surface area contributed by atoms with Crippen molar-refractivity contribution in [2.45, 2.75) is 12.8 Å². The molecular weight excluding hydrogens is 376 g/mol. The smallest absolute Gasteiger partial charge is 0.226 e. The molecule has 0 fully saturated rings. The van der Waals surface area contributed by atoms with E-state index in [1.54, 1.807) is 21.3 Å². The van der Waals surface area contributed by atoms with Crippen LogP contribution in [0.4, 0.5) is 5.13 Å². The second-order valence-corrected chi connectivity index (χ2v) is 6.86. The van der Waals surface area contributed by atoms with Crippen LogP contribution in [0.15, 0.2) is 47.8 Å². The number of aromatic nitrogens is 1. The Hall–Kier alpha value is -3.06. The zero-order valence-electron chi connectivity index (χ0n) is 16.0. The summed E-state index contributed by atoms with van der Waals surface area (Å²) in [5, 5.41) is 5.37. The maximum Gasteiger partial charge on any atom is 0.226 e. The number of methoxy groups -OCH3 is 3. The number of hydrogen-bond acceptors (Lipinski definition) is 6. The molecule has 0 aliphatic rings. The van der Waals surface area contributed by atoms with E-state index in [9.17, 15) is 4.79 Å². The molecule has 146 valence electrons. The summed E-state index contributed by atoms with van der Waals surface area (Å²) in [4.78, 5) is 16.8. The van der Waals surface area contributed by atoms with E-state index < -0.39 is 0 Å². The van der Waals surface area contributed by atoms with E-state index in [-0.39, 0.29) is 5.91 Å². The lowest BCUT2D eigenvalue weighted by molar-refractivity contribution is -0.116. The summed E-state index contributed by atoms with van der Waals surface area (Å²) >= 11 is 1.40. The number of ether oxygens (including phenoxy) is 3. The maximum atomic E-state index is 12.3. The average molecular weight is 398 g/mol. The zero-order valence-corrected chi connectivity index (χ0v) is 16.8. The van der Waals surface area contributed by atoms with Crippen molar-refractivity contribution in [3.8, 4) is 28.5 Å². The molecule has 0 atom stereocenters. The third-order valence-electron chi connectivity index (χ3n) is 4.23. The summed E-state index contributed by atoms with van der Waals surface area (Å²) in [5.74, 6) is 2.04. The molecule has 0 radical (unpaired) electrons. The monoisotopic (exact) mass is 398 g/mol. The number of carbonyl (C=O) groups is 1. The van der Waals surface area contributed by atoms with Gasteiger partial charge in [-0.25, -0.2) is 4.98 Å². The number of carbonyl (C=O) groups excluding carboxylic acids is 1. The van der Waals surface area contributed by atoms with Gasteiger partial charge in [0.25, 0.3) is 0 Å². The first-order chi connectivity index (χ1) is 13.6. The van der Waals surface area contributed by atoms with Gasteiger partial charge < -0.3 is 19.5 Å². The Morgan fingerprint density at radius 2 is 1.75 bits per heavy atom. The largest absolute Gasteiger partial charge is 0.497 e. The van der Waals surface area contributed by atoms with Crippen molar-refractivity contribution in [1.82, 2.24) is 4.98 Å². The lowest BCUT2D eigenvalue weighted by atomic mass is 10.1. The van der Waals surface area contributed by atoms with E-state index in [0.29, 0.717) is 29.5 Å². The van der Waals surface area contributed by atoms with Crippen molar-refractivity contribution in [2.75, 3.05) is 26.6 Å². The van der Waals surface area contributed by atoms with E-state index in [1.165, 1.54) is 11.3 Å². The SMILES string of the molecule is COc1ccc(-c2csc(NC(=O)CCc3ccc(OC)c(OC)c3)n2)cc1. The molecular formula is C21H22N2O4S. The van der Waals surface area contributed by atoms with Gasteiger partial charge in [0.15, 0.2) is 16.6 Å². The van der Waals surface area contributed by atoms with Gasteiger partial charge in [-0.05, 0) is 48.4 Å². The highest BCUT2D eigenvalue weighted by Crippen LogP contribution is 2.29. The number of aryl methyl sites for hydroxylation is 1. The van der Waals surface area contributed by atoms with Crippen LogP contribution in [0, 0.1) is 0 Å². The first kappa shape index (κ1) is 19.7. The molecule has 0 aliphatic carbocycles. The predicted octanol–water partition coefficient (Wildman–Crippen LogP) is 4.41. The molecule has 1 N–H and O–H groups in total. The Morgan fingerprint density at radius 3 is 2.43 bits per heavy atom. The highest BCUT2D eigenvalue weighted by atomic mass is 32.1. The summed E-state index contributed by atoms with van der Waals surface area (Å²) < 4.78 is 15.7. The van der Waals surface area contributed by atoms with E-state index in [1.807, 2.05) is 47.8 Å². The molecule has 28 heavy (non-hydrogen) atoms. The van der Waals surface area contributed by atoms with E-state index >= 15 is 0 Å². The minimum atomic E-state index is -0.0783. The number of thiazole rings is 1. The molecule has 6 nitrogen and oxygen atoms in total. The summed E-state index contributed by atoms with van der Waals surface area (Å²) in [6.07, 6.45) is 0.954. The standard InChI is InChI=1S/C21H22N2O4S/c1-25-16-8-6-15(7-9-16)17-13-28-21(22-17)23-20(24)11-5-14-4-10-18(26-2)19(12-14)27-3/h4,6-10,12-13H,5,11H2,1-3H3,(H,22,23,24). The highest BCUT2D eigenvalue weighted by molar-refractivity contribution is 7.14. The molecule has 1 aromatic heterocycles. The number of hydrogen-bond donors (Lipinski definition) is 1. The lowest BCUT2D eigenvalue weighted by Gasteiger charge is -2.09. The van der Waals surface area contributed by atoms with Gasteiger partial charge in [0, 0.05) is 17.4 Å². The molecule has 0 unspecified atom stereocenters. The molecule has 1 amide bonds. The van der Waals surface area contributed by atoms with E-state index in [2.05, 4.69) is 10.3 Å². The van der Waals surface area contributed by atoms with Crippen molar-refractivity contribution in [3.05, 3.63) is 53.4 Å². The minimum Gasteiger partial charge on any atom is -0.497 e. The van der Waals surface area contributed by atoms with Gasteiger partial charge in [-0.3, -0.25) is 4.79 Å². The van der Waals surface area contributed by atoms with Crippen LogP contribution in [0.2, 0.25) is 0 Å². The lowest BCUT2D eigenvalue weighted by Crippen LogP contribution is -2.12. The summed E-state index contributed by atoms with van der Waals surface area (Å²) in [5.41, 5.74) is 2.80. The fraction of sp³-hybridized carbons (Fsp3) is 0.238. The molecule has 0 saturated carbocycles. The second kappa shape index (κ2) is 9.23. The molecule has 0 spiro atoms. The molecule has 3 rings (SSSR count). The van der Waals surface area contributed by atoms with Crippen molar-refractivity contribution >= 4 is 22.4 Å². The van der Waals surface area contributed by atoms with Gasteiger partial charge >= 0.3 is 0 Å². The van der Waals surface area contributed by atoms with Crippen molar-refractivity contribution in [2.24, 2.45) is 0 Å². The van der Waals surface area contributed by atoms with Gasteiger partial charge in [-0.15, -0.1) is 11.3 Å². The first-order valence-corrected chi connectivity index (χ1v) is 9.61. The summed E-state index contributed by atoms with van der Waals surface area (Å²) in [6.45, 7) is 0. The van der Waals surface area contributed by atoms with Gasteiger partial charge in [0.2, 0.25) is 5.91 Å². The number of anilines is 1. The van der Waals surface area contributed by atoms with Crippen LogP contribution in [0.5, 0.6) is 17.2 Å². The molecule has 7 heteroatoms. The quantitative estimate of drug-likeness (QED) is 0.609. The molecule has 1 heterocycles. The third kappa shape index (κ3) is 4.80. The molecule has 0 aliphatic heterocycles. The third-order valence-corrected chi connectivity index (χ3v) is 4.98. The molecule has 0 bridgehead atoms. The van der Waals surface area contributed by atoms with Crippen LogP contribution >= 0.6 is 11.3 Å². The number of amides is 1. The van der Waals surface area contributed by atoms with Gasteiger partial charge in [-0.2, -0.15) is 0 Å². The van der Waals surface area contributed by atoms with Gasteiger partial charge in [0.1, 0.15) is 5.75 Å². The summed E-state index contributed by atoms with van der Waals surface area (Å²) in [6, 6.07) is 13.3. The first-order valence-electron chi connectivity index (χ1n) is 8.73. The Balaban J connectivity index is 1.57. The number of nitrogens with zero attached hydrogens (tertiary/aromatic N) is 1. The summed E-state index contributed by atoms with van der Waals surface area (Å²) in [7, 11) is 4.82. The normalized spacial score (nSPS) is 10.4.